The van der Waals surface area contributed by atoms with Gasteiger partial charge in [-0.15, -0.1) is 0 Å². The van der Waals surface area contributed by atoms with Gasteiger partial charge in [-0.05, 0) is 19.4 Å². The maximum Gasteiger partial charge on any atom is 0.268 e. The van der Waals surface area contributed by atoms with Gasteiger partial charge in [0.15, 0.2) is 0 Å². The first-order valence-electron chi connectivity index (χ1n) is 6.68. The van der Waals surface area contributed by atoms with Crippen LogP contribution in [0, 0.1) is 13.8 Å². The summed E-state index contributed by atoms with van der Waals surface area (Å²) >= 11 is 0. The van der Waals surface area contributed by atoms with Gasteiger partial charge in [0.25, 0.3) is 11.1 Å². The number of benzene rings is 1. The number of aryl methyl sites for hydroxylation is 2. The van der Waals surface area contributed by atoms with E-state index in [0.717, 1.165) is 17.0 Å². The van der Waals surface area contributed by atoms with Gasteiger partial charge in [-0.2, -0.15) is 0 Å². The second-order valence-corrected chi connectivity index (χ2v) is 5.08. The Bertz CT molecular complexity index is 813. The van der Waals surface area contributed by atoms with Crippen LogP contribution in [-0.2, 0) is 0 Å². The van der Waals surface area contributed by atoms with Crippen LogP contribution in [0.3, 0.4) is 0 Å². The number of hydrogen-bond donors (Lipinski definition) is 4. The van der Waals surface area contributed by atoms with Crippen LogP contribution in [0.4, 0.5) is 0 Å². The van der Waals surface area contributed by atoms with E-state index in [-0.39, 0.29) is 11.1 Å². The van der Waals surface area contributed by atoms with Crippen molar-refractivity contribution in [2.75, 3.05) is 0 Å². The van der Waals surface area contributed by atoms with Gasteiger partial charge < -0.3 is 10.2 Å². The standard InChI is InChI=1S/C15H16N4O2/c1-8-11(14(20)18-16-8)13(10-6-4-3-5-7-10)12-9(2)17-19-15(12)21/h3-7,13H,1-2H3,(H2,16,18,20)(H2,17,19,21). The molecule has 0 bridgehead atoms. The lowest BCUT2D eigenvalue weighted by molar-refractivity contribution is 0.931. The summed E-state index contributed by atoms with van der Waals surface area (Å²) < 4.78 is 0. The Labute approximate surface area is 120 Å². The molecule has 0 aliphatic heterocycles. The molecule has 3 aromatic rings. The molecule has 2 aromatic heterocycles. The molecule has 0 fully saturated rings. The lowest BCUT2D eigenvalue weighted by atomic mass is 9.85. The summed E-state index contributed by atoms with van der Waals surface area (Å²) in [5.74, 6) is -0.406. The van der Waals surface area contributed by atoms with E-state index >= 15 is 0 Å². The highest BCUT2D eigenvalue weighted by molar-refractivity contribution is 5.44. The summed E-state index contributed by atoms with van der Waals surface area (Å²) in [4.78, 5) is 24.3. The van der Waals surface area contributed by atoms with Crippen molar-refractivity contribution in [3.8, 4) is 0 Å². The fraction of sp³-hybridized carbons (Fsp3) is 0.200. The summed E-state index contributed by atoms with van der Waals surface area (Å²) in [5, 5.41) is 10.8. The predicted octanol–water partition coefficient (Wildman–Crippen LogP) is 1.52. The number of rotatable bonds is 3. The molecule has 0 saturated heterocycles. The summed E-state index contributed by atoms with van der Waals surface area (Å²) in [6, 6.07) is 9.54. The monoisotopic (exact) mass is 284 g/mol. The molecule has 6 nitrogen and oxygen atoms in total. The van der Waals surface area contributed by atoms with Crippen molar-refractivity contribution in [3.63, 3.8) is 0 Å². The van der Waals surface area contributed by atoms with Crippen molar-refractivity contribution < 1.29 is 0 Å². The molecule has 4 N–H and O–H groups in total. The number of nitrogens with one attached hydrogen (secondary N) is 4. The van der Waals surface area contributed by atoms with E-state index in [1.807, 2.05) is 44.2 Å². The highest BCUT2D eigenvalue weighted by atomic mass is 16.1. The predicted molar refractivity (Wildman–Crippen MR) is 79.7 cm³/mol. The molecule has 0 aliphatic rings. The number of aromatic amines is 4. The molecule has 0 radical (unpaired) electrons. The summed E-state index contributed by atoms with van der Waals surface area (Å²) in [5.41, 5.74) is 3.08. The third kappa shape index (κ3) is 2.14. The van der Waals surface area contributed by atoms with E-state index < -0.39 is 5.92 Å². The second-order valence-electron chi connectivity index (χ2n) is 5.08. The Balaban J connectivity index is 2.32. The normalized spacial score (nSPS) is 11.2. The zero-order valence-corrected chi connectivity index (χ0v) is 11.8. The van der Waals surface area contributed by atoms with Gasteiger partial charge in [0.1, 0.15) is 0 Å². The van der Waals surface area contributed by atoms with Crippen LogP contribution in [0.15, 0.2) is 39.9 Å². The van der Waals surface area contributed by atoms with Crippen molar-refractivity contribution in [1.29, 1.82) is 0 Å². The summed E-state index contributed by atoms with van der Waals surface area (Å²) in [6.07, 6.45) is 0. The third-order valence-corrected chi connectivity index (χ3v) is 3.73. The Kier molecular flexibility index (Phi) is 3.13. The quantitative estimate of drug-likeness (QED) is 0.586. The molecule has 2 heterocycles. The van der Waals surface area contributed by atoms with Crippen molar-refractivity contribution in [1.82, 2.24) is 20.4 Å². The highest BCUT2D eigenvalue weighted by Gasteiger charge is 2.27. The Morgan fingerprint density at radius 1 is 0.762 bits per heavy atom. The van der Waals surface area contributed by atoms with Crippen molar-refractivity contribution in [2.24, 2.45) is 0 Å². The molecule has 0 aliphatic carbocycles. The van der Waals surface area contributed by atoms with E-state index in [4.69, 9.17) is 0 Å². The van der Waals surface area contributed by atoms with E-state index in [0.29, 0.717) is 11.1 Å². The van der Waals surface area contributed by atoms with Gasteiger partial charge >= 0.3 is 0 Å². The molecule has 0 atom stereocenters. The zero-order chi connectivity index (χ0) is 15.0. The Morgan fingerprint density at radius 2 is 1.24 bits per heavy atom. The Morgan fingerprint density at radius 3 is 1.62 bits per heavy atom. The third-order valence-electron chi connectivity index (χ3n) is 3.73. The van der Waals surface area contributed by atoms with Crippen LogP contribution in [0.5, 0.6) is 0 Å². The first-order valence-corrected chi connectivity index (χ1v) is 6.68. The first-order chi connectivity index (χ1) is 10.1. The molecule has 3 rings (SSSR count). The van der Waals surface area contributed by atoms with Gasteiger partial charge in [0, 0.05) is 17.3 Å². The van der Waals surface area contributed by atoms with E-state index in [1.165, 1.54) is 0 Å². The largest absolute Gasteiger partial charge is 0.302 e. The number of aromatic nitrogens is 4. The van der Waals surface area contributed by atoms with Gasteiger partial charge in [-0.1, -0.05) is 30.3 Å². The van der Waals surface area contributed by atoms with Crippen LogP contribution in [0.2, 0.25) is 0 Å². The molecule has 0 amide bonds. The maximum atomic E-state index is 12.2. The highest BCUT2D eigenvalue weighted by Crippen LogP contribution is 2.30. The lowest BCUT2D eigenvalue weighted by Crippen LogP contribution is -2.20. The molecule has 0 saturated carbocycles. The smallest absolute Gasteiger partial charge is 0.268 e. The second kappa shape index (κ2) is 4.97. The fourth-order valence-corrected chi connectivity index (χ4v) is 2.73. The van der Waals surface area contributed by atoms with Crippen molar-refractivity contribution in [2.45, 2.75) is 19.8 Å². The van der Waals surface area contributed by atoms with Crippen LogP contribution >= 0.6 is 0 Å². The van der Waals surface area contributed by atoms with E-state index in [1.54, 1.807) is 0 Å². The lowest BCUT2D eigenvalue weighted by Gasteiger charge is -2.15. The molecule has 1 aromatic carbocycles. The van der Waals surface area contributed by atoms with Gasteiger partial charge in [0.2, 0.25) is 0 Å². The van der Waals surface area contributed by atoms with Crippen molar-refractivity contribution >= 4 is 0 Å². The van der Waals surface area contributed by atoms with Crippen LogP contribution in [0.1, 0.15) is 34.0 Å². The Hall–Kier alpha value is -2.76. The van der Waals surface area contributed by atoms with E-state index in [9.17, 15) is 9.59 Å². The molecular formula is C15H16N4O2. The number of hydrogen-bond acceptors (Lipinski definition) is 2. The minimum atomic E-state index is -0.406. The molecule has 0 spiro atoms. The zero-order valence-electron chi connectivity index (χ0n) is 11.8. The molecule has 21 heavy (non-hydrogen) atoms. The molecular weight excluding hydrogens is 268 g/mol. The molecule has 0 unspecified atom stereocenters. The molecule has 6 heteroatoms. The van der Waals surface area contributed by atoms with Crippen LogP contribution in [-0.4, -0.2) is 20.4 Å². The van der Waals surface area contributed by atoms with Gasteiger partial charge in [-0.3, -0.25) is 19.8 Å². The van der Waals surface area contributed by atoms with Gasteiger partial charge in [-0.25, -0.2) is 0 Å². The fourth-order valence-electron chi connectivity index (χ4n) is 2.73. The van der Waals surface area contributed by atoms with Crippen molar-refractivity contribution in [3.05, 3.63) is 79.1 Å². The summed E-state index contributed by atoms with van der Waals surface area (Å²) in [7, 11) is 0. The summed E-state index contributed by atoms with van der Waals surface area (Å²) in [6.45, 7) is 3.64. The molecule has 108 valence electrons. The van der Waals surface area contributed by atoms with Crippen LogP contribution in [0.25, 0.3) is 0 Å². The first kappa shape index (κ1) is 13.2. The average molecular weight is 284 g/mol. The average Bonchev–Trinajstić information content (AvgIpc) is 2.98. The van der Waals surface area contributed by atoms with Crippen LogP contribution < -0.4 is 11.1 Å². The topological polar surface area (TPSA) is 97.3 Å². The van der Waals surface area contributed by atoms with E-state index in [2.05, 4.69) is 20.4 Å². The minimum absolute atomic E-state index is 0.207. The minimum Gasteiger partial charge on any atom is -0.302 e. The maximum absolute atomic E-state index is 12.2. The van der Waals surface area contributed by atoms with Gasteiger partial charge in [0.05, 0.1) is 11.1 Å². The SMILES string of the molecule is Cc1[nH][nH]c(=O)c1C(c1ccccc1)c1c(C)[nH][nH]c1=O. The number of H-pyrrole nitrogens is 4.